The molecule has 0 aliphatic carbocycles. The van der Waals surface area contributed by atoms with Gasteiger partial charge < -0.3 is 0 Å². The van der Waals surface area contributed by atoms with E-state index in [0.29, 0.717) is 4.90 Å². The molecule has 1 heterocycles. The van der Waals surface area contributed by atoms with Gasteiger partial charge in [-0.1, -0.05) is 18.2 Å². The first-order valence-corrected chi connectivity index (χ1v) is 5.25. The Morgan fingerprint density at radius 1 is 1.33 bits per heavy atom. The summed E-state index contributed by atoms with van der Waals surface area (Å²) in [4.78, 5) is 12.4. The number of carbonyl (C=O) groups is 1. The molecule has 2 aromatic rings. The van der Waals surface area contributed by atoms with Crippen molar-refractivity contribution in [2.24, 2.45) is 7.05 Å². The van der Waals surface area contributed by atoms with Gasteiger partial charge in [0, 0.05) is 18.9 Å². The predicted octanol–water partition coefficient (Wildman–Crippen LogP) is 2.29. The number of aryl methyl sites for hydroxylation is 1. The van der Waals surface area contributed by atoms with Crippen molar-refractivity contribution in [2.75, 3.05) is 4.90 Å². The first-order chi connectivity index (χ1) is 8.59. The number of rotatable bonds is 3. The molecule has 0 radical (unpaired) electrons. The number of hydrogen-bond donors (Lipinski definition) is 0. The summed E-state index contributed by atoms with van der Waals surface area (Å²) in [7, 11) is 1.62. The highest BCUT2D eigenvalue weighted by Crippen LogP contribution is 2.20. The molecule has 4 nitrogen and oxygen atoms in total. The van der Waals surface area contributed by atoms with Gasteiger partial charge in [0.05, 0.1) is 11.8 Å². The Morgan fingerprint density at radius 3 is 2.50 bits per heavy atom. The molecule has 1 amide bonds. The van der Waals surface area contributed by atoms with Crippen molar-refractivity contribution < 1.29 is 13.6 Å². The molecule has 0 aliphatic rings. The van der Waals surface area contributed by atoms with Crippen molar-refractivity contribution in [1.82, 2.24) is 9.78 Å². The van der Waals surface area contributed by atoms with Crippen molar-refractivity contribution in [2.45, 2.75) is 6.55 Å². The Labute approximate surface area is 102 Å². The van der Waals surface area contributed by atoms with Crippen LogP contribution in [-0.4, -0.2) is 22.2 Å². The van der Waals surface area contributed by atoms with Crippen LogP contribution in [0.5, 0.6) is 0 Å². The van der Waals surface area contributed by atoms with Gasteiger partial charge in [0.2, 0.25) is 0 Å². The molecule has 0 bridgehead atoms. The van der Waals surface area contributed by atoms with Crippen LogP contribution in [0.4, 0.5) is 14.5 Å². The van der Waals surface area contributed by atoms with Gasteiger partial charge in [-0.3, -0.25) is 14.4 Å². The highest BCUT2D eigenvalue weighted by molar-refractivity contribution is 6.05. The summed E-state index contributed by atoms with van der Waals surface area (Å²) in [5.41, 5.74) is 0.281. The number of para-hydroxylation sites is 1. The molecule has 2 rings (SSSR count). The van der Waals surface area contributed by atoms with Gasteiger partial charge in [-0.05, 0) is 12.1 Å². The number of halogens is 2. The van der Waals surface area contributed by atoms with Crippen LogP contribution in [0.15, 0.2) is 42.7 Å². The van der Waals surface area contributed by atoms with E-state index in [1.165, 1.54) is 29.2 Å². The summed E-state index contributed by atoms with van der Waals surface area (Å²) >= 11 is 0. The van der Waals surface area contributed by atoms with Crippen LogP contribution in [0.25, 0.3) is 0 Å². The Kier molecular flexibility index (Phi) is 3.36. The van der Waals surface area contributed by atoms with E-state index >= 15 is 0 Å². The van der Waals surface area contributed by atoms with Gasteiger partial charge in [0.1, 0.15) is 0 Å². The normalized spacial score (nSPS) is 10.7. The third-order valence-corrected chi connectivity index (χ3v) is 2.40. The number of anilines is 1. The zero-order chi connectivity index (χ0) is 13.1. The van der Waals surface area contributed by atoms with Gasteiger partial charge in [0.15, 0.2) is 0 Å². The second-order valence-electron chi connectivity index (χ2n) is 3.69. The average Bonchev–Trinajstić information content (AvgIpc) is 2.77. The fraction of sp³-hybridized carbons (Fsp3) is 0.167. The number of amides is 1. The lowest BCUT2D eigenvalue weighted by Gasteiger charge is -2.20. The zero-order valence-corrected chi connectivity index (χ0v) is 9.62. The van der Waals surface area contributed by atoms with Crippen molar-refractivity contribution >= 4 is 11.6 Å². The van der Waals surface area contributed by atoms with E-state index in [1.54, 1.807) is 25.2 Å². The number of carbonyl (C=O) groups excluding carboxylic acids is 1. The highest BCUT2D eigenvalue weighted by atomic mass is 19.3. The molecule has 1 aromatic carbocycles. The molecule has 0 unspecified atom stereocenters. The van der Waals surface area contributed by atoms with Crippen molar-refractivity contribution in [3.8, 4) is 0 Å². The largest absolute Gasteiger partial charge is 0.321 e. The maximum absolute atomic E-state index is 13.0. The minimum absolute atomic E-state index is 0.127. The maximum Gasteiger partial charge on any atom is 0.321 e. The first-order valence-electron chi connectivity index (χ1n) is 5.25. The van der Waals surface area contributed by atoms with Gasteiger partial charge >= 0.3 is 6.55 Å². The van der Waals surface area contributed by atoms with Gasteiger partial charge in [-0.25, -0.2) is 0 Å². The standard InChI is InChI=1S/C12H11F2N3O/c1-16-8-9(7-15-16)11(18)17(12(13)14)10-5-3-2-4-6-10/h2-8,12H,1H3. The van der Waals surface area contributed by atoms with E-state index in [1.807, 2.05) is 0 Å². The lowest BCUT2D eigenvalue weighted by atomic mass is 10.2. The topological polar surface area (TPSA) is 38.1 Å². The molecule has 1 aromatic heterocycles. The average molecular weight is 251 g/mol. The third-order valence-electron chi connectivity index (χ3n) is 2.40. The molecule has 0 saturated heterocycles. The van der Waals surface area contributed by atoms with Crippen molar-refractivity contribution in [3.05, 3.63) is 48.3 Å². The SMILES string of the molecule is Cn1cc(C(=O)N(c2ccccc2)C(F)F)cn1. The molecule has 0 spiro atoms. The molecular formula is C12H11F2N3O. The Hall–Kier alpha value is -2.24. The number of nitrogens with zero attached hydrogens (tertiary/aromatic N) is 3. The summed E-state index contributed by atoms with van der Waals surface area (Å²) in [6.45, 7) is -2.90. The van der Waals surface area contributed by atoms with Gasteiger partial charge in [-0.15, -0.1) is 0 Å². The predicted molar refractivity (Wildman–Crippen MR) is 62.5 cm³/mol. The van der Waals surface area contributed by atoms with E-state index in [4.69, 9.17) is 0 Å². The van der Waals surface area contributed by atoms with Gasteiger partial charge in [0.25, 0.3) is 5.91 Å². The smallest absolute Gasteiger partial charge is 0.275 e. The van der Waals surface area contributed by atoms with E-state index in [0.717, 1.165) is 0 Å². The van der Waals surface area contributed by atoms with Crippen molar-refractivity contribution in [1.29, 1.82) is 0 Å². The molecule has 94 valence electrons. The molecule has 0 N–H and O–H groups in total. The fourth-order valence-electron chi connectivity index (χ4n) is 1.58. The van der Waals surface area contributed by atoms with Crippen LogP contribution in [0.1, 0.15) is 10.4 Å². The lowest BCUT2D eigenvalue weighted by molar-refractivity contribution is 0.0838. The zero-order valence-electron chi connectivity index (χ0n) is 9.62. The summed E-state index contributed by atoms with van der Waals surface area (Å²) in [5.74, 6) is -0.774. The third kappa shape index (κ3) is 2.37. The number of aromatic nitrogens is 2. The quantitative estimate of drug-likeness (QED) is 0.785. The molecule has 0 atom stereocenters. The Balaban J connectivity index is 2.35. The van der Waals surface area contributed by atoms with Gasteiger partial charge in [-0.2, -0.15) is 13.9 Å². The van der Waals surface area contributed by atoms with E-state index < -0.39 is 12.5 Å². The second kappa shape index (κ2) is 4.95. The summed E-state index contributed by atoms with van der Waals surface area (Å²) in [5, 5.41) is 3.80. The first kappa shape index (κ1) is 12.2. The van der Waals surface area contributed by atoms with E-state index in [9.17, 15) is 13.6 Å². The molecule has 6 heteroatoms. The Bertz CT molecular complexity index is 539. The minimum Gasteiger partial charge on any atom is -0.275 e. The minimum atomic E-state index is -2.90. The number of benzene rings is 1. The van der Waals surface area contributed by atoms with Crippen LogP contribution in [0.3, 0.4) is 0 Å². The van der Waals surface area contributed by atoms with Crippen LogP contribution >= 0.6 is 0 Å². The van der Waals surface area contributed by atoms with E-state index in [2.05, 4.69) is 5.10 Å². The molecule has 0 saturated carbocycles. The second-order valence-corrected chi connectivity index (χ2v) is 3.69. The number of alkyl halides is 2. The maximum atomic E-state index is 13.0. The Morgan fingerprint density at radius 2 is 2.00 bits per heavy atom. The highest BCUT2D eigenvalue weighted by Gasteiger charge is 2.26. The molecule has 0 fully saturated rings. The van der Waals surface area contributed by atoms with Crippen LogP contribution in [0.2, 0.25) is 0 Å². The lowest BCUT2D eigenvalue weighted by Crippen LogP contribution is -2.35. The molecular weight excluding hydrogens is 240 g/mol. The summed E-state index contributed by atoms with van der Waals surface area (Å²) in [6, 6.07) is 7.81. The number of hydrogen-bond acceptors (Lipinski definition) is 2. The van der Waals surface area contributed by atoms with Crippen LogP contribution in [0, 0.1) is 0 Å². The monoisotopic (exact) mass is 251 g/mol. The van der Waals surface area contributed by atoms with Crippen LogP contribution < -0.4 is 4.90 Å². The van der Waals surface area contributed by atoms with Crippen LogP contribution in [-0.2, 0) is 7.05 Å². The summed E-state index contributed by atoms with van der Waals surface area (Å²) in [6.07, 6.45) is 2.67. The molecule has 18 heavy (non-hydrogen) atoms. The van der Waals surface area contributed by atoms with Crippen molar-refractivity contribution in [3.63, 3.8) is 0 Å². The summed E-state index contributed by atoms with van der Waals surface area (Å²) < 4.78 is 27.4. The van der Waals surface area contributed by atoms with E-state index in [-0.39, 0.29) is 11.3 Å². The molecule has 0 aliphatic heterocycles. The fourth-order valence-corrected chi connectivity index (χ4v) is 1.58.